The van der Waals surface area contributed by atoms with Gasteiger partial charge in [-0.2, -0.15) is 10.2 Å². The molecule has 10 nitrogen and oxygen atoms in total. The summed E-state index contributed by atoms with van der Waals surface area (Å²) in [6.07, 6.45) is 3.32. The molecule has 0 saturated heterocycles. The van der Waals surface area contributed by atoms with Crippen LogP contribution in [-0.4, -0.2) is 32.4 Å². The van der Waals surface area contributed by atoms with E-state index in [0.717, 1.165) is 22.3 Å². The van der Waals surface area contributed by atoms with Crippen molar-refractivity contribution in [2.45, 2.75) is 27.7 Å². The van der Waals surface area contributed by atoms with Crippen molar-refractivity contribution in [3.05, 3.63) is 78.6 Å². The fourth-order valence-electron chi connectivity index (χ4n) is 2.73. The van der Waals surface area contributed by atoms with Gasteiger partial charge in [-0.25, -0.2) is 20.8 Å². The Morgan fingerprint density at radius 3 is 1.50 bits per heavy atom. The standard InChI is InChI=1S/C20H22N8O2/c1-11-5-16(10-22-28-20-24-14(4)8-18(30)26-20)12(2)6-15(11)9-21-27-19-23-13(3)7-17(29)25-19/h5-10H,1-4H3,(H2,23,25,27,29)(H2,24,26,28,30). The molecule has 0 unspecified atom stereocenters. The first-order chi connectivity index (χ1) is 14.3. The predicted molar refractivity (Wildman–Crippen MR) is 118 cm³/mol. The molecule has 3 aromatic rings. The van der Waals surface area contributed by atoms with Crippen molar-refractivity contribution in [3.63, 3.8) is 0 Å². The lowest BCUT2D eigenvalue weighted by molar-refractivity contribution is 1.04. The van der Waals surface area contributed by atoms with E-state index < -0.39 is 0 Å². The Morgan fingerprint density at radius 1 is 0.733 bits per heavy atom. The minimum atomic E-state index is -0.241. The van der Waals surface area contributed by atoms with Crippen LogP contribution in [0.3, 0.4) is 0 Å². The van der Waals surface area contributed by atoms with E-state index in [1.807, 2.05) is 26.0 Å². The Morgan fingerprint density at radius 2 is 1.13 bits per heavy atom. The van der Waals surface area contributed by atoms with Gasteiger partial charge in [-0.3, -0.25) is 19.6 Å². The van der Waals surface area contributed by atoms with Gasteiger partial charge in [0.1, 0.15) is 0 Å². The van der Waals surface area contributed by atoms with Gasteiger partial charge in [0.2, 0.25) is 11.9 Å². The zero-order valence-corrected chi connectivity index (χ0v) is 17.1. The van der Waals surface area contributed by atoms with Gasteiger partial charge in [-0.1, -0.05) is 0 Å². The van der Waals surface area contributed by atoms with Crippen LogP contribution in [0.25, 0.3) is 0 Å². The highest BCUT2D eigenvalue weighted by atomic mass is 16.1. The molecule has 0 aliphatic heterocycles. The Kier molecular flexibility index (Phi) is 6.16. The minimum absolute atomic E-state index is 0.241. The highest BCUT2D eigenvalue weighted by Gasteiger charge is 2.03. The number of aromatic amines is 2. The monoisotopic (exact) mass is 406 g/mol. The third-order valence-electron chi connectivity index (χ3n) is 4.14. The second-order valence-corrected chi connectivity index (χ2v) is 6.78. The van der Waals surface area contributed by atoms with Gasteiger partial charge in [0, 0.05) is 23.5 Å². The quantitative estimate of drug-likeness (QED) is 0.364. The summed E-state index contributed by atoms with van der Waals surface area (Å²) in [6, 6.07) is 6.76. The molecule has 10 heteroatoms. The van der Waals surface area contributed by atoms with E-state index >= 15 is 0 Å². The van der Waals surface area contributed by atoms with E-state index in [2.05, 4.69) is 41.0 Å². The van der Waals surface area contributed by atoms with Crippen LogP contribution in [0.2, 0.25) is 0 Å². The first-order valence-electron chi connectivity index (χ1n) is 9.15. The van der Waals surface area contributed by atoms with Gasteiger partial charge >= 0.3 is 0 Å². The maximum atomic E-state index is 11.5. The number of aryl methyl sites for hydroxylation is 4. The lowest BCUT2D eigenvalue weighted by Gasteiger charge is -2.07. The summed E-state index contributed by atoms with van der Waals surface area (Å²) in [5.41, 5.74) is 9.97. The Hall–Kier alpha value is -4.08. The number of H-pyrrole nitrogens is 2. The molecule has 4 N–H and O–H groups in total. The van der Waals surface area contributed by atoms with E-state index in [0.29, 0.717) is 11.4 Å². The highest BCUT2D eigenvalue weighted by molar-refractivity contribution is 5.88. The molecule has 1 aromatic carbocycles. The normalized spacial score (nSPS) is 11.3. The van der Waals surface area contributed by atoms with Crippen molar-refractivity contribution in [1.29, 1.82) is 0 Å². The number of nitrogens with one attached hydrogen (secondary N) is 4. The van der Waals surface area contributed by atoms with Gasteiger partial charge in [0.05, 0.1) is 12.4 Å². The summed E-state index contributed by atoms with van der Waals surface area (Å²) >= 11 is 0. The van der Waals surface area contributed by atoms with Crippen LogP contribution < -0.4 is 22.0 Å². The molecule has 0 atom stereocenters. The predicted octanol–water partition coefficient (Wildman–Crippen LogP) is 1.98. The number of rotatable bonds is 6. The summed E-state index contributed by atoms with van der Waals surface area (Å²) in [5, 5.41) is 8.30. The molecular weight excluding hydrogens is 384 g/mol. The Labute approximate surface area is 172 Å². The van der Waals surface area contributed by atoms with Gasteiger partial charge < -0.3 is 0 Å². The molecule has 30 heavy (non-hydrogen) atoms. The van der Waals surface area contributed by atoms with Crippen molar-refractivity contribution in [1.82, 2.24) is 19.9 Å². The van der Waals surface area contributed by atoms with Crippen LogP contribution in [-0.2, 0) is 0 Å². The topological polar surface area (TPSA) is 140 Å². The van der Waals surface area contributed by atoms with Crippen molar-refractivity contribution in [2.24, 2.45) is 10.2 Å². The van der Waals surface area contributed by atoms with E-state index in [-0.39, 0.29) is 23.0 Å². The van der Waals surface area contributed by atoms with E-state index in [1.54, 1.807) is 26.3 Å². The average molecular weight is 406 g/mol. The van der Waals surface area contributed by atoms with E-state index in [1.165, 1.54) is 12.1 Å². The molecule has 0 aliphatic carbocycles. The van der Waals surface area contributed by atoms with Crippen LogP contribution >= 0.6 is 0 Å². The maximum absolute atomic E-state index is 11.5. The number of hydrogen-bond acceptors (Lipinski definition) is 8. The summed E-state index contributed by atoms with van der Waals surface area (Å²) in [7, 11) is 0. The van der Waals surface area contributed by atoms with Gasteiger partial charge in [0.15, 0.2) is 0 Å². The number of nitrogens with zero attached hydrogens (tertiary/aromatic N) is 4. The first kappa shape index (κ1) is 20.6. The maximum Gasteiger partial charge on any atom is 0.252 e. The van der Waals surface area contributed by atoms with Crippen molar-refractivity contribution >= 4 is 24.3 Å². The Balaban J connectivity index is 1.71. The van der Waals surface area contributed by atoms with E-state index in [9.17, 15) is 9.59 Å². The number of benzene rings is 1. The summed E-state index contributed by atoms with van der Waals surface area (Å²) in [6.45, 7) is 7.38. The van der Waals surface area contributed by atoms with Crippen molar-refractivity contribution in [3.8, 4) is 0 Å². The first-order valence-corrected chi connectivity index (χ1v) is 9.15. The van der Waals surface area contributed by atoms with Crippen LogP contribution in [0.4, 0.5) is 11.9 Å². The largest absolute Gasteiger partial charge is 0.291 e. The smallest absolute Gasteiger partial charge is 0.252 e. The molecule has 2 aromatic heterocycles. The van der Waals surface area contributed by atoms with Crippen LogP contribution in [0.15, 0.2) is 44.1 Å². The van der Waals surface area contributed by atoms with Gasteiger partial charge in [-0.15, -0.1) is 0 Å². The second-order valence-electron chi connectivity index (χ2n) is 6.78. The number of hydrazone groups is 2. The molecule has 0 bridgehead atoms. The number of aromatic nitrogens is 4. The van der Waals surface area contributed by atoms with Crippen molar-refractivity contribution in [2.75, 3.05) is 10.9 Å². The second kappa shape index (κ2) is 8.95. The fraction of sp³-hybridized carbons (Fsp3) is 0.200. The molecular formula is C20H22N8O2. The molecule has 3 rings (SSSR count). The highest BCUT2D eigenvalue weighted by Crippen LogP contribution is 2.13. The lowest BCUT2D eigenvalue weighted by atomic mass is 10.0. The van der Waals surface area contributed by atoms with E-state index in [4.69, 9.17) is 0 Å². The summed E-state index contributed by atoms with van der Waals surface area (Å²) in [4.78, 5) is 36.4. The fourth-order valence-corrected chi connectivity index (χ4v) is 2.73. The summed E-state index contributed by atoms with van der Waals surface area (Å²) in [5.74, 6) is 0.562. The third kappa shape index (κ3) is 5.47. The van der Waals surface area contributed by atoms with Crippen molar-refractivity contribution < 1.29 is 0 Å². The SMILES string of the molecule is Cc1cc(=O)[nH]c(NN=Cc2cc(C)c(C=NNc3nc(C)cc(=O)[nH]3)cc2C)n1. The van der Waals surface area contributed by atoms with Crippen LogP contribution in [0, 0.1) is 27.7 Å². The molecule has 0 aliphatic rings. The molecule has 0 saturated carbocycles. The Bertz CT molecular complexity index is 1140. The van der Waals surface area contributed by atoms with Crippen LogP contribution in [0.1, 0.15) is 33.6 Å². The summed E-state index contributed by atoms with van der Waals surface area (Å²) < 4.78 is 0. The minimum Gasteiger partial charge on any atom is -0.291 e. The molecule has 0 spiro atoms. The molecule has 2 heterocycles. The molecule has 0 amide bonds. The lowest BCUT2D eigenvalue weighted by Crippen LogP contribution is -2.10. The zero-order chi connectivity index (χ0) is 21.7. The third-order valence-corrected chi connectivity index (χ3v) is 4.14. The van der Waals surface area contributed by atoms with Gasteiger partial charge in [0.25, 0.3) is 11.1 Å². The number of hydrogen-bond donors (Lipinski definition) is 4. The van der Waals surface area contributed by atoms with Crippen LogP contribution in [0.5, 0.6) is 0 Å². The van der Waals surface area contributed by atoms with Gasteiger partial charge in [-0.05, 0) is 62.1 Å². The molecule has 0 fully saturated rings. The zero-order valence-electron chi connectivity index (χ0n) is 17.1. The average Bonchev–Trinajstić information content (AvgIpc) is 2.63. The molecule has 154 valence electrons. The number of anilines is 2. The molecule has 0 radical (unpaired) electrons.